The maximum atomic E-state index is 11.4. The summed E-state index contributed by atoms with van der Waals surface area (Å²) >= 11 is 0. The Balaban J connectivity index is 2.15. The van der Waals surface area contributed by atoms with Gasteiger partial charge in [0.1, 0.15) is 0 Å². The zero-order valence-corrected chi connectivity index (χ0v) is 12.7. The molecule has 0 heterocycles. The number of hydrogen-bond acceptors (Lipinski definition) is 4. The summed E-state index contributed by atoms with van der Waals surface area (Å²) in [7, 11) is 0. The Labute approximate surface area is 125 Å². The highest BCUT2D eigenvalue weighted by molar-refractivity contribution is 5.93. The van der Waals surface area contributed by atoms with Crippen LogP contribution in [0.25, 0.3) is 0 Å². The van der Waals surface area contributed by atoms with E-state index in [0.717, 1.165) is 12.0 Å². The Kier molecular flexibility index (Phi) is 8.12. The molecule has 5 nitrogen and oxygen atoms in total. The molecule has 0 aliphatic carbocycles. The molecule has 0 unspecified atom stereocenters. The van der Waals surface area contributed by atoms with Crippen molar-refractivity contribution in [1.29, 1.82) is 0 Å². The van der Waals surface area contributed by atoms with Crippen LogP contribution in [-0.2, 0) is 15.9 Å². The highest BCUT2D eigenvalue weighted by Crippen LogP contribution is 2.06. The maximum Gasteiger partial charge on any atom is 0.407 e. The topological polar surface area (TPSA) is 64.6 Å². The van der Waals surface area contributed by atoms with Crippen molar-refractivity contribution in [2.45, 2.75) is 26.7 Å². The van der Waals surface area contributed by atoms with Crippen LogP contribution in [0.1, 0.15) is 36.2 Å². The second kappa shape index (κ2) is 9.94. The Bertz CT molecular complexity index is 442. The van der Waals surface area contributed by atoms with Crippen molar-refractivity contribution in [3.8, 4) is 0 Å². The second-order valence-electron chi connectivity index (χ2n) is 4.68. The van der Waals surface area contributed by atoms with Gasteiger partial charge < -0.3 is 14.8 Å². The van der Waals surface area contributed by atoms with Crippen molar-refractivity contribution in [3.63, 3.8) is 0 Å². The molecule has 0 radical (unpaired) electrons. The van der Waals surface area contributed by atoms with E-state index in [2.05, 4.69) is 5.32 Å². The lowest BCUT2D eigenvalue weighted by atomic mass is 10.1. The number of hydrogen-bond donors (Lipinski definition) is 1. The smallest absolute Gasteiger partial charge is 0.407 e. The maximum absolute atomic E-state index is 11.4. The Morgan fingerprint density at radius 3 is 2.43 bits per heavy atom. The molecule has 21 heavy (non-hydrogen) atoms. The molecule has 1 aromatic carbocycles. The third kappa shape index (κ3) is 7.46. The van der Waals surface area contributed by atoms with Gasteiger partial charge in [0, 0.05) is 25.1 Å². The van der Waals surface area contributed by atoms with Crippen molar-refractivity contribution in [1.82, 2.24) is 5.32 Å². The minimum atomic E-state index is -0.435. The zero-order chi connectivity index (χ0) is 15.5. The Hall–Kier alpha value is -1.88. The van der Waals surface area contributed by atoms with Gasteiger partial charge in [-0.3, -0.25) is 4.79 Å². The molecule has 0 bridgehead atoms. The Morgan fingerprint density at radius 1 is 1.10 bits per heavy atom. The SMILES string of the molecule is CCCOCCNC(=O)OCCc1ccc(C(C)=O)cc1. The minimum absolute atomic E-state index is 0.0440. The van der Waals surface area contributed by atoms with E-state index in [4.69, 9.17) is 9.47 Å². The third-order valence-corrected chi connectivity index (χ3v) is 2.85. The first-order chi connectivity index (χ1) is 10.1. The van der Waals surface area contributed by atoms with Crippen LogP contribution in [0.5, 0.6) is 0 Å². The molecule has 0 aliphatic rings. The van der Waals surface area contributed by atoms with Gasteiger partial charge in [-0.2, -0.15) is 0 Å². The fourth-order valence-corrected chi connectivity index (χ4v) is 1.69. The third-order valence-electron chi connectivity index (χ3n) is 2.85. The summed E-state index contributed by atoms with van der Waals surface area (Å²) in [5, 5.41) is 2.62. The van der Waals surface area contributed by atoms with Crippen molar-refractivity contribution in [2.75, 3.05) is 26.4 Å². The van der Waals surface area contributed by atoms with Gasteiger partial charge in [-0.15, -0.1) is 0 Å². The lowest BCUT2D eigenvalue weighted by Crippen LogP contribution is -2.28. The zero-order valence-electron chi connectivity index (χ0n) is 12.7. The van der Waals surface area contributed by atoms with Gasteiger partial charge in [-0.25, -0.2) is 4.79 Å². The number of nitrogens with one attached hydrogen (secondary N) is 1. The van der Waals surface area contributed by atoms with Gasteiger partial charge in [0.2, 0.25) is 0 Å². The molecule has 0 aromatic heterocycles. The van der Waals surface area contributed by atoms with Gasteiger partial charge in [-0.05, 0) is 18.9 Å². The molecule has 1 N–H and O–H groups in total. The second-order valence-corrected chi connectivity index (χ2v) is 4.68. The molecule has 0 atom stereocenters. The standard InChI is InChI=1S/C16H23NO4/c1-3-10-20-12-9-17-16(19)21-11-8-14-4-6-15(7-5-14)13(2)18/h4-7H,3,8-12H2,1-2H3,(H,17,19). The summed E-state index contributed by atoms with van der Waals surface area (Å²) < 4.78 is 10.3. The quantitative estimate of drug-likeness (QED) is 0.561. The summed E-state index contributed by atoms with van der Waals surface area (Å²) in [6.07, 6.45) is 1.15. The number of carbonyl (C=O) groups excluding carboxylic acids is 2. The molecule has 1 rings (SSSR count). The fraction of sp³-hybridized carbons (Fsp3) is 0.500. The predicted molar refractivity (Wildman–Crippen MR) is 80.6 cm³/mol. The number of rotatable bonds is 9. The molecule has 5 heteroatoms. The van der Waals surface area contributed by atoms with Crippen molar-refractivity contribution in [3.05, 3.63) is 35.4 Å². The number of carbonyl (C=O) groups is 2. The van der Waals surface area contributed by atoms with Gasteiger partial charge in [-0.1, -0.05) is 31.2 Å². The van der Waals surface area contributed by atoms with Crippen LogP contribution in [0.4, 0.5) is 4.79 Å². The fourth-order valence-electron chi connectivity index (χ4n) is 1.69. The molecule has 1 aromatic rings. The van der Waals surface area contributed by atoms with Crippen molar-refractivity contribution in [2.24, 2.45) is 0 Å². The van der Waals surface area contributed by atoms with Gasteiger partial charge >= 0.3 is 6.09 Å². The number of amides is 1. The van der Waals surface area contributed by atoms with Crippen LogP contribution in [0.2, 0.25) is 0 Å². The molecule has 116 valence electrons. The van der Waals surface area contributed by atoms with E-state index in [9.17, 15) is 9.59 Å². The molecule has 0 saturated carbocycles. The van der Waals surface area contributed by atoms with Crippen LogP contribution < -0.4 is 5.32 Å². The first-order valence-electron chi connectivity index (χ1n) is 7.21. The lowest BCUT2D eigenvalue weighted by Gasteiger charge is -2.07. The summed E-state index contributed by atoms with van der Waals surface area (Å²) in [6, 6.07) is 7.30. The molecule has 0 spiro atoms. The molecule has 0 aliphatic heterocycles. The minimum Gasteiger partial charge on any atom is -0.449 e. The van der Waals surface area contributed by atoms with Gasteiger partial charge in [0.15, 0.2) is 5.78 Å². The lowest BCUT2D eigenvalue weighted by molar-refractivity contribution is 0.101. The van der Waals surface area contributed by atoms with Crippen molar-refractivity contribution >= 4 is 11.9 Å². The summed E-state index contributed by atoms with van der Waals surface area (Å²) in [5.74, 6) is 0.0440. The number of ether oxygens (including phenoxy) is 2. The average Bonchev–Trinajstić information content (AvgIpc) is 2.47. The largest absolute Gasteiger partial charge is 0.449 e. The predicted octanol–water partition coefficient (Wildman–Crippen LogP) is 2.58. The van der Waals surface area contributed by atoms with Crippen LogP contribution in [0.3, 0.4) is 0 Å². The van der Waals surface area contributed by atoms with E-state index in [0.29, 0.717) is 38.3 Å². The molecule has 1 amide bonds. The van der Waals surface area contributed by atoms with E-state index in [1.165, 1.54) is 6.92 Å². The Morgan fingerprint density at radius 2 is 1.81 bits per heavy atom. The molecular formula is C16H23NO4. The molecule has 0 fully saturated rings. The average molecular weight is 293 g/mol. The number of alkyl carbamates (subject to hydrolysis) is 1. The van der Waals surface area contributed by atoms with Gasteiger partial charge in [0.25, 0.3) is 0 Å². The van der Waals surface area contributed by atoms with E-state index in [-0.39, 0.29) is 5.78 Å². The normalized spacial score (nSPS) is 10.2. The van der Waals surface area contributed by atoms with Crippen LogP contribution in [0, 0.1) is 0 Å². The molecule has 0 saturated heterocycles. The van der Waals surface area contributed by atoms with E-state index in [1.54, 1.807) is 12.1 Å². The first-order valence-corrected chi connectivity index (χ1v) is 7.21. The van der Waals surface area contributed by atoms with E-state index in [1.807, 2.05) is 19.1 Å². The monoisotopic (exact) mass is 293 g/mol. The summed E-state index contributed by atoms with van der Waals surface area (Å²) in [4.78, 5) is 22.5. The highest BCUT2D eigenvalue weighted by atomic mass is 16.5. The van der Waals surface area contributed by atoms with Crippen LogP contribution in [0.15, 0.2) is 24.3 Å². The van der Waals surface area contributed by atoms with Crippen LogP contribution >= 0.6 is 0 Å². The van der Waals surface area contributed by atoms with E-state index >= 15 is 0 Å². The number of benzene rings is 1. The first kappa shape index (κ1) is 17.2. The van der Waals surface area contributed by atoms with Gasteiger partial charge in [0.05, 0.1) is 13.2 Å². The number of Topliss-reactive ketones (excluding diaryl/α,β-unsaturated/α-hetero) is 1. The number of ketones is 1. The summed E-state index contributed by atoms with van der Waals surface area (Å²) in [5.41, 5.74) is 1.71. The van der Waals surface area contributed by atoms with Crippen molar-refractivity contribution < 1.29 is 19.1 Å². The highest BCUT2D eigenvalue weighted by Gasteiger charge is 2.02. The van der Waals surface area contributed by atoms with E-state index < -0.39 is 6.09 Å². The van der Waals surface area contributed by atoms with Crippen LogP contribution in [-0.4, -0.2) is 38.2 Å². The summed E-state index contributed by atoms with van der Waals surface area (Å²) in [6.45, 7) is 5.52. The molecular weight excluding hydrogens is 270 g/mol.